The average Bonchev–Trinajstić information content (AvgIpc) is 2.02. The van der Waals surface area contributed by atoms with Crippen molar-refractivity contribution in [1.29, 1.82) is 0 Å². The van der Waals surface area contributed by atoms with Crippen molar-refractivity contribution in [2.45, 2.75) is 6.43 Å². The lowest BCUT2D eigenvalue weighted by Gasteiger charge is -2.05. The minimum absolute atomic E-state index is 0.477. The van der Waals surface area contributed by atoms with Crippen molar-refractivity contribution in [3.05, 3.63) is 23.1 Å². The number of alkyl halides is 2. The molecular formula is C7H5F3N2O2. The van der Waals surface area contributed by atoms with Crippen LogP contribution in [0.2, 0.25) is 0 Å². The zero-order valence-corrected chi connectivity index (χ0v) is 6.67. The maximum absolute atomic E-state index is 12.7. The highest BCUT2D eigenvalue weighted by molar-refractivity contribution is 5.88. The van der Waals surface area contributed by atoms with E-state index in [2.05, 4.69) is 4.98 Å². The second kappa shape index (κ2) is 3.52. The number of aromatic nitrogens is 1. The number of carbonyl (C=O) groups is 1. The molecular weight excluding hydrogens is 201 g/mol. The summed E-state index contributed by atoms with van der Waals surface area (Å²) in [6, 6.07) is 0.477. The van der Waals surface area contributed by atoms with E-state index in [-0.39, 0.29) is 0 Å². The van der Waals surface area contributed by atoms with Gasteiger partial charge < -0.3 is 10.8 Å². The second-order valence-electron chi connectivity index (χ2n) is 2.41. The maximum Gasteiger partial charge on any atom is 0.340 e. The first-order valence-corrected chi connectivity index (χ1v) is 3.41. The summed E-state index contributed by atoms with van der Waals surface area (Å²) in [6.45, 7) is 0. The normalized spacial score (nSPS) is 10.6. The molecule has 4 nitrogen and oxygen atoms in total. The molecule has 0 amide bonds. The summed E-state index contributed by atoms with van der Waals surface area (Å²) in [4.78, 5) is 13.2. The fourth-order valence-electron chi connectivity index (χ4n) is 0.844. The minimum atomic E-state index is -2.99. The van der Waals surface area contributed by atoms with Gasteiger partial charge in [0.05, 0.1) is 5.56 Å². The predicted molar refractivity (Wildman–Crippen MR) is 40.5 cm³/mol. The monoisotopic (exact) mass is 206 g/mol. The van der Waals surface area contributed by atoms with Gasteiger partial charge in [0.2, 0.25) is 5.95 Å². The van der Waals surface area contributed by atoms with Crippen LogP contribution in [0, 0.1) is 5.95 Å². The Balaban J connectivity index is 3.34. The molecule has 0 aliphatic carbocycles. The molecule has 14 heavy (non-hydrogen) atoms. The van der Waals surface area contributed by atoms with Crippen LogP contribution in [-0.4, -0.2) is 16.1 Å². The third kappa shape index (κ3) is 1.76. The Morgan fingerprint density at radius 1 is 1.57 bits per heavy atom. The lowest BCUT2D eigenvalue weighted by Crippen LogP contribution is -2.08. The van der Waals surface area contributed by atoms with Crippen LogP contribution in [0.15, 0.2) is 6.07 Å². The molecule has 1 aromatic heterocycles. The van der Waals surface area contributed by atoms with Crippen molar-refractivity contribution in [2.24, 2.45) is 0 Å². The van der Waals surface area contributed by atoms with Crippen molar-refractivity contribution in [3.63, 3.8) is 0 Å². The number of hydrogen-bond acceptors (Lipinski definition) is 3. The Hall–Kier alpha value is -1.79. The summed E-state index contributed by atoms with van der Waals surface area (Å²) in [5.74, 6) is -3.75. The van der Waals surface area contributed by atoms with E-state index in [0.29, 0.717) is 6.07 Å². The van der Waals surface area contributed by atoms with Crippen LogP contribution in [0.4, 0.5) is 19.0 Å². The Labute approximate surface area is 76.2 Å². The highest BCUT2D eigenvalue weighted by Gasteiger charge is 2.20. The molecule has 0 aliphatic rings. The van der Waals surface area contributed by atoms with Crippen LogP contribution in [0.5, 0.6) is 0 Å². The summed E-state index contributed by atoms with van der Waals surface area (Å²) in [7, 11) is 0. The van der Waals surface area contributed by atoms with E-state index in [1.165, 1.54) is 0 Å². The first kappa shape index (κ1) is 10.3. The van der Waals surface area contributed by atoms with E-state index in [1.54, 1.807) is 0 Å². The van der Waals surface area contributed by atoms with Gasteiger partial charge in [-0.2, -0.15) is 4.39 Å². The van der Waals surface area contributed by atoms with Gasteiger partial charge in [-0.25, -0.2) is 18.6 Å². The molecule has 76 valence electrons. The standard InChI is InChI=1S/C7H5F3N2O2/c8-4(9)2-1-3(7(13)14)5(10)12-6(2)11/h1,4H,(H2,11,12)(H,13,14). The topological polar surface area (TPSA) is 76.2 Å². The van der Waals surface area contributed by atoms with E-state index in [0.717, 1.165) is 0 Å². The third-order valence-electron chi connectivity index (χ3n) is 1.50. The molecule has 0 spiro atoms. The molecule has 7 heteroatoms. The van der Waals surface area contributed by atoms with Gasteiger partial charge >= 0.3 is 5.97 Å². The number of aromatic carboxylic acids is 1. The number of carboxylic acids is 1. The lowest BCUT2D eigenvalue weighted by molar-refractivity contribution is 0.0690. The predicted octanol–water partition coefficient (Wildman–Crippen LogP) is 1.44. The maximum atomic E-state index is 12.7. The first-order chi connectivity index (χ1) is 6.43. The number of pyridine rings is 1. The van der Waals surface area contributed by atoms with Crippen molar-refractivity contribution in [1.82, 2.24) is 4.98 Å². The zero-order chi connectivity index (χ0) is 10.9. The summed E-state index contributed by atoms with van der Waals surface area (Å²) in [5.41, 5.74) is 3.26. The van der Waals surface area contributed by atoms with Gasteiger partial charge in [0.1, 0.15) is 11.4 Å². The number of nitrogen functional groups attached to an aromatic ring is 1. The Morgan fingerprint density at radius 2 is 2.14 bits per heavy atom. The smallest absolute Gasteiger partial charge is 0.340 e. The highest BCUT2D eigenvalue weighted by atomic mass is 19.3. The van der Waals surface area contributed by atoms with Crippen LogP contribution in [0.3, 0.4) is 0 Å². The molecule has 0 unspecified atom stereocenters. The van der Waals surface area contributed by atoms with Gasteiger partial charge in [0.25, 0.3) is 6.43 Å². The molecule has 1 aromatic rings. The van der Waals surface area contributed by atoms with Crippen LogP contribution in [0.25, 0.3) is 0 Å². The van der Waals surface area contributed by atoms with Gasteiger partial charge in [0.15, 0.2) is 0 Å². The van der Waals surface area contributed by atoms with Crippen LogP contribution < -0.4 is 5.73 Å². The second-order valence-corrected chi connectivity index (χ2v) is 2.41. The van der Waals surface area contributed by atoms with Crippen LogP contribution in [0.1, 0.15) is 22.3 Å². The van der Waals surface area contributed by atoms with E-state index in [9.17, 15) is 18.0 Å². The number of hydrogen-bond donors (Lipinski definition) is 2. The van der Waals surface area contributed by atoms with Crippen molar-refractivity contribution >= 4 is 11.8 Å². The fraction of sp³-hybridized carbons (Fsp3) is 0.143. The van der Waals surface area contributed by atoms with Gasteiger partial charge in [0, 0.05) is 0 Å². The number of nitrogens with zero attached hydrogens (tertiary/aromatic N) is 1. The number of rotatable bonds is 2. The third-order valence-corrected chi connectivity index (χ3v) is 1.50. The molecule has 0 aliphatic heterocycles. The van der Waals surface area contributed by atoms with Crippen LogP contribution in [-0.2, 0) is 0 Å². The number of anilines is 1. The molecule has 0 fully saturated rings. The fourth-order valence-corrected chi connectivity index (χ4v) is 0.844. The first-order valence-electron chi connectivity index (χ1n) is 3.41. The molecule has 0 bridgehead atoms. The average molecular weight is 206 g/mol. The highest BCUT2D eigenvalue weighted by Crippen LogP contribution is 2.25. The molecule has 1 heterocycles. The Morgan fingerprint density at radius 3 is 2.57 bits per heavy atom. The zero-order valence-electron chi connectivity index (χ0n) is 6.67. The van der Waals surface area contributed by atoms with Gasteiger partial charge in [-0.3, -0.25) is 0 Å². The minimum Gasteiger partial charge on any atom is -0.478 e. The Kier molecular flexibility index (Phi) is 2.59. The molecule has 0 saturated heterocycles. The van der Waals surface area contributed by atoms with Crippen molar-refractivity contribution < 1.29 is 23.1 Å². The molecule has 0 radical (unpaired) electrons. The largest absolute Gasteiger partial charge is 0.478 e. The van der Waals surface area contributed by atoms with Gasteiger partial charge in [-0.1, -0.05) is 0 Å². The number of halogens is 3. The SMILES string of the molecule is Nc1nc(F)c(C(=O)O)cc1C(F)F. The molecule has 0 atom stereocenters. The van der Waals surface area contributed by atoms with E-state index >= 15 is 0 Å². The quantitative estimate of drug-likeness (QED) is 0.717. The Bertz CT molecular complexity index is 381. The molecule has 0 saturated carbocycles. The van der Waals surface area contributed by atoms with E-state index in [4.69, 9.17) is 10.8 Å². The number of nitrogens with two attached hydrogens (primary N) is 1. The van der Waals surface area contributed by atoms with Crippen LogP contribution >= 0.6 is 0 Å². The lowest BCUT2D eigenvalue weighted by atomic mass is 10.2. The van der Waals surface area contributed by atoms with Gasteiger partial charge in [-0.15, -0.1) is 0 Å². The van der Waals surface area contributed by atoms with Crippen molar-refractivity contribution in [3.8, 4) is 0 Å². The summed E-state index contributed by atoms with van der Waals surface area (Å²) < 4.78 is 37.1. The summed E-state index contributed by atoms with van der Waals surface area (Å²) in [5, 5.41) is 8.40. The molecule has 3 N–H and O–H groups in total. The summed E-state index contributed by atoms with van der Waals surface area (Å²) >= 11 is 0. The van der Waals surface area contributed by atoms with E-state index in [1.807, 2.05) is 0 Å². The van der Waals surface area contributed by atoms with E-state index < -0.39 is 35.3 Å². The molecule has 1 rings (SSSR count). The molecule has 0 aromatic carbocycles. The van der Waals surface area contributed by atoms with Crippen molar-refractivity contribution in [2.75, 3.05) is 5.73 Å². The summed E-state index contributed by atoms with van der Waals surface area (Å²) in [6.07, 6.45) is -2.99. The van der Waals surface area contributed by atoms with Gasteiger partial charge in [-0.05, 0) is 6.07 Å². The number of carboxylic acid groups (broad SMARTS) is 1.